The van der Waals surface area contributed by atoms with Gasteiger partial charge < -0.3 is 10.4 Å². The van der Waals surface area contributed by atoms with Crippen LogP contribution in [0.1, 0.15) is 11.3 Å². The number of rotatable bonds is 4. The van der Waals surface area contributed by atoms with Crippen molar-refractivity contribution in [2.75, 3.05) is 0 Å². The minimum atomic E-state index is -0.963. The summed E-state index contributed by atoms with van der Waals surface area (Å²) in [5.74, 6) is -0.963. The Morgan fingerprint density at radius 1 is 1.71 bits per heavy atom. The van der Waals surface area contributed by atoms with Crippen molar-refractivity contribution in [3.8, 4) is 0 Å². The number of pyridine rings is 1. The molecule has 1 heterocycles. The van der Waals surface area contributed by atoms with E-state index in [9.17, 15) is 4.79 Å². The standard InChI is InChI=1S/C10H12N2O2/c1-8-3-2-5-12-9(8)7-11-6-4-10(13)14/h2-6,11H,7H2,1H3,(H,13,14)/b6-4+. The first-order chi connectivity index (χ1) is 6.70. The van der Waals surface area contributed by atoms with Crippen LogP contribution < -0.4 is 5.32 Å². The van der Waals surface area contributed by atoms with Gasteiger partial charge in [-0.1, -0.05) is 6.07 Å². The van der Waals surface area contributed by atoms with Crippen LogP contribution in [0.3, 0.4) is 0 Å². The first-order valence-corrected chi connectivity index (χ1v) is 4.23. The Morgan fingerprint density at radius 2 is 2.50 bits per heavy atom. The first-order valence-electron chi connectivity index (χ1n) is 4.23. The molecule has 2 N–H and O–H groups in total. The lowest BCUT2D eigenvalue weighted by Gasteiger charge is -2.02. The summed E-state index contributed by atoms with van der Waals surface area (Å²) in [5.41, 5.74) is 2.01. The topological polar surface area (TPSA) is 62.2 Å². The summed E-state index contributed by atoms with van der Waals surface area (Å²) in [6.07, 6.45) is 4.17. The quantitative estimate of drug-likeness (QED) is 0.701. The molecule has 0 atom stereocenters. The zero-order chi connectivity index (χ0) is 10.4. The summed E-state index contributed by atoms with van der Waals surface area (Å²) in [6, 6.07) is 3.83. The lowest BCUT2D eigenvalue weighted by molar-refractivity contribution is -0.131. The van der Waals surface area contributed by atoms with Gasteiger partial charge in [0, 0.05) is 18.5 Å². The number of aromatic nitrogens is 1. The van der Waals surface area contributed by atoms with Gasteiger partial charge in [0.1, 0.15) is 0 Å². The number of carbonyl (C=O) groups is 1. The van der Waals surface area contributed by atoms with Gasteiger partial charge >= 0.3 is 5.97 Å². The minimum absolute atomic E-state index is 0.538. The number of aliphatic carboxylic acids is 1. The van der Waals surface area contributed by atoms with Crippen molar-refractivity contribution >= 4 is 5.97 Å². The number of aryl methyl sites for hydroxylation is 1. The van der Waals surface area contributed by atoms with Crippen LogP contribution in [0.4, 0.5) is 0 Å². The smallest absolute Gasteiger partial charge is 0.329 e. The van der Waals surface area contributed by atoms with Crippen LogP contribution in [-0.4, -0.2) is 16.1 Å². The molecular weight excluding hydrogens is 180 g/mol. The monoisotopic (exact) mass is 192 g/mol. The molecule has 0 bridgehead atoms. The lowest BCUT2D eigenvalue weighted by Crippen LogP contribution is -2.08. The molecule has 0 radical (unpaired) electrons. The second-order valence-electron chi connectivity index (χ2n) is 2.82. The van der Waals surface area contributed by atoms with Gasteiger partial charge in [-0.25, -0.2) is 4.79 Å². The maximum atomic E-state index is 10.1. The maximum Gasteiger partial charge on any atom is 0.329 e. The summed E-state index contributed by atoms with van der Waals surface area (Å²) in [5, 5.41) is 11.2. The number of carboxylic acid groups (broad SMARTS) is 1. The van der Waals surface area contributed by atoms with Crippen molar-refractivity contribution in [3.63, 3.8) is 0 Å². The molecule has 0 saturated carbocycles. The Hall–Kier alpha value is -1.84. The minimum Gasteiger partial charge on any atom is -0.478 e. The van der Waals surface area contributed by atoms with E-state index < -0.39 is 5.97 Å². The molecule has 1 aromatic heterocycles. The van der Waals surface area contributed by atoms with Crippen molar-refractivity contribution in [2.45, 2.75) is 13.5 Å². The fraction of sp³-hybridized carbons (Fsp3) is 0.200. The molecule has 0 aliphatic carbocycles. The zero-order valence-corrected chi connectivity index (χ0v) is 7.90. The molecule has 0 aliphatic heterocycles. The van der Waals surface area contributed by atoms with Gasteiger partial charge in [-0.2, -0.15) is 0 Å². The van der Waals surface area contributed by atoms with E-state index in [4.69, 9.17) is 5.11 Å². The Balaban J connectivity index is 2.46. The highest BCUT2D eigenvalue weighted by Crippen LogP contribution is 2.01. The predicted octanol–water partition coefficient (Wildman–Crippen LogP) is 1.08. The third-order valence-corrected chi connectivity index (χ3v) is 1.73. The summed E-state index contributed by atoms with van der Waals surface area (Å²) in [6.45, 7) is 2.50. The number of nitrogens with one attached hydrogen (secondary N) is 1. The van der Waals surface area contributed by atoms with Crippen LogP contribution in [0.25, 0.3) is 0 Å². The molecule has 0 aliphatic rings. The molecule has 4 nitrogen and oxygen atoms in total. The van der Waals surface area contributed by atoms with E-state index in [1.165, 1.54) is 6.20 Å². The highest BCUT2D eigenvalue weighted by Gasteiger charge is 1.95. The van der Waals surface area contributed by atoms with E-state index >= 15 is 0 Å². The van der Waals surface area contributed by atoms with Crippen LogP contribution >= 0.6 is 0 Å². The average molecular weight is 192 g/mol. The molecule has 1 aromatic rings. The molecule has 14 heavy (non-hydrogen) atoms. The molecule has 4 heteroatoms. The fourth-order valence-electron chi connectivity index (χ4n) is 0.989. The van der Waals surface area contributed by atoms with E-state index in [1.54, 1.807) is 6.20 Å². The summed E-state index contributed by atoms with van der Waals surface area (Å²) >= 11 is 0. The van der Waals surface area contributed by atoms with E-state index in [2.05, 4.69) is 10.3 Å². The number of hydrogen-bond donors (Lipinski definition) is 2. The van der Waals surface area contributed by atoms with Gasteiger partial charge in [0.05, 0.1) is 12.2 Å². The Kier molecular flexibility index (Phi) is 3.67. The largest absolute Gasteiger partial charge is 0.478 e. The van der Waals surface area contributed by atoms with Gasteiger partial charge in [-0.05, 0) is 18.6 Å². The lowest BCUT2D eigenvalue weighted by atomic mass is 10.2. The summed E-state index contributed by atoms with van der Waals surface area (Å²) in [7, 11) is 0. The Morgan fingerprint density at radius 3 is 3.14 bits per heavy atom. The highest BCUT2D eigenvalue weighted by atomic mass is 16.4. The number of carboxylic acids is 1. The Labute approximate surface area is 82.3 Å². The predicted molar refractivity (Wildman–Crippen MR) is 52.6 cm³/mol. The van der Waals surface area contributed by atoms with E-state index in [-0.39, 0.29) is 0 Å². The summed E-state index contributed by atoms with van der Waals surface area (Å²) in [4.78, 5) is 14.3. The molecule has 0 spiro atoms. The Bertz CT molecular complexity index is 348. The van der Waals surface area contributed by atoms with Gasteiger partial charge in [0.15, 0.2) is 0 Å². The molecule has 0 saturated heterocycles. The van der Waals surface area contributed by atoms with Crippen molar-refractivity contribution < 1.29 is 9.90 Å². The SMILES string of the molecule is Cc1cccnc1CN/C=C/C(=O)O. The van der Waals surface area contributed by atoms with Crippen LogP contribution in [-0.2, 0) is 11.3 Å². The van der Waals surface area contributed by atoms with Crippen LogP contribution in [0.15, 0.2) is 30.6 Å². The molecule has 0 amide bonds. The van der Waals surface area contributed by atoms with Crippen LogP contribution in [0, 0.1) is 6.92 Å². The van der Waals surface area contributed by atoms with Crippen molar-refractivity contribution in [1.82, 2.24) is 10.3 Å². The van der Waals surface area contributed by atoms with Crippen LogP contribution in [0.5, 0.6) is 0 Å². The van der Waals surface area contributed by atoms with Gasteiger partial charge in [-0.15, -0.1) is 0 Å². The number of nitrogens with zero attached hydrogens (tertiary/aromatic N) is 1. The first kappa shape index (κ1) is 10.2. The van der Waals surface area contributed by atoms with E-state index in [1.807, 2.05) is 19.1 Å². The number of hydrogen-bond acceptors (Lipinski definition) is 3. The van der Waals surface area contributed by atoms with E-state index in [0.29, 0.717) is 6.54 Å². The van der Waals surface area contributed by atoms with Gasteiger partial charge in [-0.3, -0.25) is 4.98 Å². The summed E-state index contributed by atoms with van der Waals surface area (Å²) < 4.78 is 0. The van der Waals surface area contributed by atoms with Crippen molar-refractivity contribution in [3.05, 3.63) is 41.9 Å². The molecule has 1 rings (SSSR count). The second kappa shape index (κ2) is 5.01. The van der Waals surface area contributed by atoms with Crippen molar-refractivity contribution in [2.24, 2.45) is 0 Å². The second-order valence-corrected chi connectivity index (χ2v) is 2.82. The third-order valence-electron chi connectivity index (χ3n) is 1.73. The van der Waals surface area contributed by atoms with Crippen LogP contribution in [0.2, 0.25) is 0 Å². The maximum absolute atomic E-state index is 10.1. The normalized spacial score (nSPS) is 10.4. The van der Waals surface area contributed by atoms with Crippen molar-refractivity contribution in [1.29, 1.82) is 0 Å². The zero-order valence-electron chi connectivity index (χ0n) is 7.90. The molecule has 0 fully saturated rings. The third kappa shape index (κ3) is 3.26. The van der Waals surface area contributed by atoms with Gasteiger partial charge in [0.2, 0.25) is 0 Å². The molecule has 74 valence electrons. The fourth-order valence-corrected chi connectivity index (χ4v) is 0.989. The molecular formula is C10H12N2O2. The van der Waals surface area contributed by atoms with E-state index in [0.717, 1.165) is 17.3 Å². The molecule has 0 unspecified atom stereocenters. The molecule has 0 aromatic carbocycles. The van der Waals surface area contributed by atoms with Gasteiger partial charge in [0.25, 0.3) is 0 Å². The average Bonchev–Trinajstić information content (AvgIpc) is 2.15. The highest BCUT2D eigenvalue weighted by molar-refractivity contribution is 5.79.